The van der Waals surface area contributed by atoms with Crippen LogP contribution in [-0.4, -0.2) is 38.1 Å². The predicted molar refractivity (Wildman–Crippen MR) is 76.0 cm³/mol. The van der Waals surface area contributed by atoms with Gasteiger partial charge in [0.15, 0.2) is 5.25 Å². The van der Waals surface area contributed by atoms with Crippen LogP contribution in [0.4, 0.5) is 0 Å². The summed E-state index contributed by atoms with van der Waals surface area (Å²) < 4.78 is 30.8. The normalized spacial score (nSPS) is 13.3. The van der Waals surface area contributed by atoms with Gasteiger partial charge in [-0.3, -0.25) is 4.79 Å². The Morgan fingerprint density at radius 3 is 2.63 bits per heavy atom. The zero-order valence-electron chi connectivity index (χ0n) is 11.0. The molecule has 0 radical (unpaired) electrons. The minimum Gasteiger partial charge on any atom is -0.468 e. The number of esters is 1. The van der Waals surface area contributed by atoms with Crippen LogP contribution in [0.2, 0.25) is 0 Å². The Balaban J connectivity index is 2.88. The standard InChI is InChI=1S/C12H16BrNO4S/c1-9(12(15)18-3)19(16,17)14(2)8-10-5-4-6-11(13)7-10/h4-7,9H,8H2,1-3H3. The molecule has 0 fully saturated rings. The Morgan fingerprint density at radius 2 is 2.11 bits per heavy atom. The highest BCUT2D eigenvalue weighted by atomic mass is 79.9. The van der Waals surface area contributed by atoms with E-state index in [4.69, 9.17) is 0 Å². The molecule has 1 atom stereocenters. The third-order valence-corrected chi connectivity index (χ3v) is 5.29. The average molecular weight is 350 g/mol. The maximum Gasteiger partial charge on any atom is 0.325 e. The van der Waals surface area contributed by atoms with Gasteiger partial charge < -0.3 is 4.74 Å². The van der Waals surface area contributed by atoms with Crippen molar-refractivity contribution >= 4 is 31.9 Å². The van der Waals surface area contributed by atoms with E-state index in [2.05, 4.69) is 20.7 Å². The maximum absolute atomic E-state index is 12.1. The van der Waals surface area contributed by atoms with Gasteiger partial charge in [0.2, 0.25) is 10.0 Å². The van der Waals surface area contributed by atoms with Gasteiger partial charge in [0, 0.05) is 18.1 Å². The fourth-order valence-corrected chi connectivity index (χ4v) is 3.19. The molecule has 0 spiro atoms. The molecule has 19 heavy (non-hydrogen) atoms. The quantitative estimate of drug-likeness (QED) is 0.760. The number of benzene rings is 1. The summed E-state index contributed by atoms with van der Waals surface area (Å²) in [7, 11) is -1.11. The van der Waals surface area contributed by atoms with Crippen LogP contribution >= 0.6 is 15.9 Å². The fraction of sp³-hybridized carbons (Fsp3) is 0.417. The van der Waals surface area contributed by atoms with E-state index in [0.717, 1.165) is 14.3 Å². The first kappa shape index (κ1) is 16.1. The number of methoxy groups -OCH3 is 1. The van der Waals surface area contributed by atoms with E-state index < -0.39 is 21.2 Å². The van der Waals surface area contributed by atoms with Gasteiger partial charge in [-0.05, 0) is 24.6 Å². The monoisotopic (exact) mass is 349 g/mol. The van der Waals surface area contributed by atoms with E-state index in [1.165, 1.54) is 21.1 Å². The van der Waals surface area contributed by atoms with Crippen LogP contribution < -0.4 is 0 Å². The first-order chi connectivity index (χ1) is 8.78. The number of carbonyl (C=O) groups excluding carboxylic acids is 1. The third-order valence-electron chi connectivity index (χ3n) is 2.71. The summed E-state index contributed by atoms with van der Waals surface area (Å²) in [6, 6.07) is 7.33. The molecule has 0 aromatic heterocycles. The zero-order valence-corrected chi connectivity index (χ0v) is 13.4. The molecular formula is C12H16BrNO4S. The van der Waals surface area contributed by atoms with E-state index >= 15 is 0 Å². The van der Waals surface area contributed by atoms with Crippen LogP contribution in [0.15, 0.2) is 28.7 Å². The van der Waals surface area contributed by atoms with E-state index in [0.29, 0.717) is 0 Å². The van der Waals surface area contributed by atoms with Crippen LogP contribution in [0.3, 0.4) is 0 Å². The van der Waals surface area contributed by atoms with Crippen molar-refractivity contribution in [1.29, 1.82) is 0 Å². The molecule has 0 saturated heterocycles. The summed E-state index contributed by atoms with van der Waals surface area (Å²) in [4.78, 5) is 11.3. The molecule has 1 rings (SSSR count). The van der Waals surface area contributed by atoms with Gasteiger partial charge in [-0.1, -0.05) is 28.1 Å². The molecule has 7 heteroatoms. The van der Waals surface area contributed by atoms with Gasteiger partial charge in [-0.15, -0.1) is 0 Å². The molecule has 0 aliphatic carbocycles. The molecule has 1 aromatic carbocycles. The molecule has 0 heterocycles. The van der Waals surface area contributed by atoms with Gasteiger partial charge >= 0.3 is 5.97 Å². The van der Waals surface area contributed by atoms with Gasteiger partial charge in [-0.2, -0.15) is 4.31 Å². The SMILES string of the molecule is COC(=O)C(C)S(=O)(=O)N(C)Cc1cccc(Br)c1. The topological polar surface area (TPSA) is 63.7 Å². The molecule has 0 bridgehead atoms. The van der Waals surface area contributed by atoms with Crippen molar-refractivity contribution in [1.82, 2.24) is 4.31 Å². The van der Waals surface area contributed by atoms with E-state index in [9.17, 15) is 13.2 Å². The van der Waals surface area contributed by atoms with Gasteiger partial charge in [0.1, 0.15) is 0 Å². The minimum atomic E-state index is -3.72. The number of hydrogen-bond acceptors (Lipinski definition) is 4. The number of nitrogens with zero attached hydrogens (tertiary/aromatic N) is 1. The zero-order chi connectivity index (χ0) is 14.6. The second-order valence-corrected chi connectivity index (χ2v) is 7.37. The number of sulfonamides is 1. The largest absolute Gasteiger partial charge is 0.468 e. The molecule has 0 aliphatic heterocycles. The summed E-state index contributed by atoms with van der Waals surface area (Å²) in [5, 5.41) is -1.21. The number of hydrogen-bond donors (Lipinski definition) is 0. The molecule has 0 amide bonds. The Hall–Kier alpha value is -0.920. The number of ether oxygens (including phenoxy) is 1. The molecule has 5 nitrogen and oxygen atoms in total. The Kier molecular flexibility index (Phi) is 5.51. The lowest BCUT2D eigenvalue weighted by Gasteiger charge is -2.20. The number of halogens is 1. The van der Waals surface area contributed by atoms with Crippen molar-refractivity contribution in [3.05, 3.63) is 34.3 Å². The summed E-state index contributed by atoms with van der Waals surface area (Å²) in [6.07, 6.45) is 0. The molecule has 0 saturated carbocycles. The van der Waals surface area contributed by atoms with Crippen molar-refractivity contribution in [2.45, 2.75) is 18.7 Å². The van der Waals surface area contributed by atoms with E-state index in [-0.39, 0.29) is 6.54 Å². The fourth-order valence-electron chi connectivity index (χ4n) is 1.54. The molecule has 1 unspecified atom stereocenters. The second kappa shape index (κ2) is 6.49. The molecule has 0 aliphatic rings. The van der Waals surface area contributed by atoms with Crippen molar-refractivity contribution in [2.75, 3.05) is 14.2 Å². The summed E-state index contributed by atoms with van der Waals surface area (Å²) in [5.74, 6) is -0.763. The molecular weight excluding hydrogens is 334 g/mol. The van der Waals surface area contributed by atoms with Crippen LogP contribution in [0.5, 0.6) is 0 Å². The van der Waals surface area contributed by atoms with Crippen molar-refractivity contribution in [2.24, 2.45) is 0 Å². The van der Waals surface area contributed by atoms with Crippen LogP contribution in [0.1, 0.15) is 12.5 Å². The maximum atomic E-state index is 12.1. The molecule has 106 valence electrons. The smallest absolute Gasteiger partial charge is 0.325 e. The van der Waals surface area contributed by atoms with Gasteiger partial charge in [0.05, 0.1) is 7.11 Å². The predicted octanol–water partition coefficient (Wildman–Crippen LogP) is 1.77. The Morgan fingerprint density at radius 1 is 1.47 bits per heavy atom. The van der Waals surface area contributed by atoms with Gasteiger partial charge in [-0.25, -0.2) is 8.42 Å². The first-order valence-corrected chi connectivity index (χ1v) is 7.86. The third kappa shape index (κ3) is 4.02. The van der Waals surface area contributed by atoms with E-state index in [1.807, 2.05) is 24.3 Å². The average Bonchev–Trinajstić information content (AvgIpc) is 2.36. The first-order valence-electron chi connectivity index (χ1n) is 5.56. The van der Waals surface area contributed by atoms with Gasteiger partial charge in [0.25, 0.3) is 0 Å². The van der Waals surface area contributed by atoms with Crippen LogP contribution in [0, 0.1) is 0 Å². The highest BCUT2D eigenvalue weighted by molar-refractivity contribution is 9.10. The van der Waals surface area contributed by atoms with Crippen molar-refractivity contribution < 1.29 is 17.9 Å². The van der Waals surface area contributed by atoms with E-state index in [1.54, 1.807) is 0 Å². The summed E-state index contributed by atoms with van der Waals surface area (Å²) in [5.41, 5.74) is 0.831. The summed E-state index contributed by atoms with van der Waals surface area (Å²) >= 11 is 3.32. The van der Waals surface area contributed by atoms with Crippen molar-refractivity contribution in [3.8, 4) is 0 Å². The second-order valence-electron chi connectivity index (χ2n) is 4.10. The lowest BCUT2D eigenvalue weighted by atomic mass is 10.2. The highest BCUT2D eigenvalue weighted by Crippen LogP contribution is 2.16. The Bertz CT molecular complexity index is 559. The van der Waals surface area contributed by atoms with Crippen LogP contribution in [-0.2, 0) is 26.1 Å². The van der Waals surface area contributed by atoms with Crippen LogP contribution in [0.25, 0.3) is 0 Å². The molecule has 1 aromatic rings. The van der Waals surface area contributed by atoms with Crippen molar-refractivity contribution in [3.63, 3.8) is 0 Å². The lowest BCUT2D eigenvalue weighted by Crippen LogP contribution is -2.39. The minimum absolute atomic E-state index is 0.198. The molecule has 0 N–H and O–H groups in total. The number of carbonyl (C=O) groups is 1. The highest BCUT2D eigenvalue weighted by Gasteiger charge is 2.32. The Labute approximate surface area is 121 Å². The number of rotatable bonds is 5. The lowest BCUT2D eigenvalue weighted by molar-refractivity contribution is -0.139. The summed E-state index contributed by atoms with van der Waals surface area (Å²) in [6.45, 7) is 1.52.